The lowest BCUT2D eigenvalue weighted by molar-refractivity contribution is 0.229. The van der Waals surface area contributed by atoms with E-state index in [-0.39, 0.29) is 6.61 Å². The van der Waals surface area contributed by atoms with E-state index in [0.717, 1.165) is 49.3 Å². The second-order valence-corrected chi connectivity index (χ2v) is 6.43. The van der Waals surface area contributed by atoms with Gasteiger partial charge in [0.2, 0.25) is 0 Å². The maximum Gasteiger partial charge on any atom is 0.0682 e. The molecule has 1 saturated heterocycles. The lowest BCUT2D eigenvalue weighted by Crippen LogP contribution is -2.48. The molecule has 112 valence electrons. The average Bonchev–Trinajstić information content (AvgIpc) is 2.45. The van der Waals surface area contributed by atoms with Crippen molar-refractivity contribution in [1.29, 1.82) is 0 Å². The van der Waals surface area contributed by atoms with E-state index in [1.807, 2.05) is 12.1 Å². The van der Waals surface area contributed by atoms with Crippen molar-refractivity contribution in [3.05, 3.63) is 28.2 Å². The summed E-state index contributed by atoms with van der Waals surface area (Å²) in [5, 5.41) is 9.16. The molecule has 1 N–H and O–H groups in total. The van der Waals surface area contributed by atoms with E-state index in [9.17, 15) is 0 Å². The summed E-state index contributed by atoms with van der Waals surface area (Å²) in [5.74, 6) is 0. The highest BCUT2D eigenvalue weighted by molar-refractivity contribution is 9.10. The van der Waals surface area contributed by atoms with Gasteiger partial charge in [-0.25, -0.2) is 0 Å². The van der Waals surface area contributed by atoms with Gasteiger partial charge in [-0.1, -0.05) is 6.07 Å². The van der Waals surface area contributed by atoms with Crippen molar-refractivity contribution in [2.45, 2.75) is 6.61 Å². The monoisotopic (exact) mass is 341 g/mol. The Morgan fingerprint density at radius 1 is 1.20 bits per heavy atom. The van der Waals surface area contributed by atoms with E-state index < -0.39 is 0 Å². The van der Waals surface area contributed by atoms with Crippen LogP contribution in [0.25, 0.3) is 0 Å². The first-order chi connectivity index (χ1) is 9.60. The number of anilines is 1. The molecule has 0 spiro atoms. The minimum atomic E-state index is 0.0944. The van der Waals surface area contributed by atoms with Crippen LogP contribution in [-0.4, -0.2) is 68.3 Å². The van der Waals surface area contributed by atoms with Crippen molar-refractivity contribution in [1.82, 2.24) is 9.80 Å². The molecule has 1 aromatic rings. The van der Waals surface area contributed by atoms with Crippen LogP contribution in [0, 0.1) is 0 Å². The standard InChI is InChI=1S/C15H24BrN3O/c1-17(2)5-6-18-7-9-19(10-8-18)15-4-3-13(12-20)11-14(15)16/h3-4,11,20H,5-10,12H2,1-2H3. The first-order valence-corrected chi connectivity index (χ1v) is 7.91. The van der Waals surface area contributed by atoms with Crippen LogP contribution < -0.4 is 4.90 Å². The molecule has 1 aliphatic rings. The molecule has 0 atom stereocenters. The fourth-order valence-corrected chi connectivity index (χ4v) is 3.14. The van der Waals surface area contributed by atoms with Crippen molar-refractivity contribution in [3.63, 3.8) is 0 Å². The Labute approximate surface area is 130 Å². The van der Waals surface area contributed by atoms with E-state index in [0.29, 0.717) is 0 Å². The van der Waals surface area contributed by atoms with Crippen LogP contribution >= 0.6 is 15.9 Å². The number of nitrogens with zero attached hydrogens (tertiary/aromatic N) is 3. The summed E-state index contributed by atoms with van der Waals surface area (Å²) < 4.78 is 1.07. The third-order valence-electron chi connectivity index (χ3n) is 3.77. The van der Waals surface area contributed by atoms with Gasteiger partial charge in [-0.3, -0.25) is 4.90 Å². The van der Waals surface area contributed by atoms with Crippen molar-refractivity contribution in [3.8, 4) is 0 Å². The van der Waals surface area contributed by atoms with E-state index in [1.165, 1.54) is 5.69 Å². The Hall–Kier alpha value is -0.620. The molecule has 1 heterocycles. The SMILES string of the molecule is CN(C)CCN1CCN(c2ccc(CO)cc2Br)CC1. The minimum absolute atomic E-state index is 0.0944. The number of likely N-dealkylation sites (N-methyl/N-ethyl adjacent to an activating group) is 1. The normalized spacial score (nSPS) is 16.9. The summed E-state index contributed by atoms with van der Waals surface area (Å²) in [7, 11) is 4.24. The maximum absolute atomic E-state index is 9.16. The Kier molecular flexibility index (Phi) is 5.84. The molecular formula is C15H24BrN3O. The second-order valence-electron chi connectivity index (χ2n) is 5.58. The number of hydrogen-bond donors (Lipinski definition) is 1. The topological polar surface area (TPSA) is 30.0 Å². The van der Waals surface area contributed by atoms with Gasteiger partial charge in [0.05, 0.1) is 12.3 Å². The van der Waals surface area contributed by atoms with Crippen LogP contribution in [0.3, 0.4) is 0 Å². The first kappa shape index (κ1) is 15.8. The predicted octanol–water partition coefficient (Wildman–Crippen LogP) is 1.62. The van der Waals surface area contributed by atoms with E-state index >= 15 is 0 Å². The summed E-state index contributed by atoms with van der Waals surface area (Å²) in [6, 6.07) is 6.11. The van der Waals surface area contributed by atoms with Gasteiger partial charge in [-0.15, -0.1) is 0 Å². The number of piperazine rings is 1. The number of aliphatic hydroxyl groups excluding tert-OH is 1. The molecule has 5 heteroatoms. The van der Waals surface area contributed by atoms with E-state index in [2.05, 4.69) is 50.8 Å². The Bertz CT molecular complexity index is 431. The molecule has 0 amide bonds. The van der Waals surface area contributed by atoms with Crippen LogP contribution in [-0.2, 0) is 6.61 Å². The summed E-state index contributed by atoms with van der Waals surface area (Å²) in [5.41, 5.74) is 2.18. The van der Waals surface area contributed by atoms with E-state index in [4.69, 9.17) is 5.11 Å². The third kappa shape index (κ3) is 4.19. The highest BCUT2D eigenvalue weighted by atomic mass is 79.9. The van der Waals surface area contributed by atoms with Gasteiger partial charge in [0.1, 0.15) is 0 Å². The van der Waals surface area contributed by atoms with Crippen molar-refractivity contribution in [2.24, 2.45) is 0 Å². The van der Waals surface area contributed by atoms with Crippen LogP contribution in [0.15, 0.2) is 22.7 Å². The van der Waals surface area contributed by atoms with Crippen LogP contribution in [0.4, 0.5) is 5.69 Å². The summed E-state index contributed by atoms with van der Waals surface area (Å²) in [4.78, 5) is 7.17. The summed E-state index contributed by atoms with van der Waals surface area (Å²) in [6.07, 6.45) is 0. The van der Waals surface area contributed by atoms with Gasteiger partial charge in [0.15, 0.2) is 0 Å². The molecule has 4 nitrogen and oxygen atoms in total. The van der Waals surface area contributed by atoms with Crippen LogP contribution in [0.2, 0.25) is 0 Å². The van der Waals surface area contributed by atoms with Crippen LogP contribution in [0.5, 0.6) is 0 Å². The molecule has 1 aromatic carbocycles. The molecule has 0 saturated carbocycles. The molecule has 0 radical (unpaired) electrons. The van der Waals surface area contributed by atoms with Gasteiger partial charge in [0, 0.05) is 43.7 Å². The van der Waals surface area contributed by atoms with Gasteiger partial charge in [-0.05, 0) is 47.7 Å². The molecule has 2 rings (SSSR count). The molecule has 1 fully saturated rings. The summed E-state index contributed by atoms with van der Waals surface area (Å²) in [6.45, 7) is 6.70. The van der Waals surface area contributed by atoms with Crippen molar-refractivity contribution in [2.75, 3.05) is 58.3 Å². The highest BCUT2D eigenvalue weighted by Gasteiger charge is 2.18. The number of halogens is 1. The maximum atomic E-state index is 9.16. The molecule has 0 aliphatic carbocycles. The fraction of sp³-hybridized carbons (Fsp3) is 0.600. The largest absolute Gasteiger partial charge is 0.392 e. The molecule has 0 unspecified atom stereocenters. The third-order valence-corrected chi connectivity index (χ3v) is 4.41. The summed E-state index contributed by atoms with van der Waals surface area (Å²) >= 11 is 3.62. The second kappa shape index (κ2) is 7.41. The average molecular weight is 342 g/mol. The Balaban J connectivity index is 1.90. The molecule has 0 aromatic heterocycles. The van der Waals surface area contributed by atoms with Crippen molar-refractivity contribution >= 4 is 21.6 Å². The lowest BCUT2D eigenvalue weighted by Gasteiger charge is -2.37. The van der Waals surface area contributed by atoms with Gasteiger partial charge in [0.25, 0.3) is 0 Å². The Morgan fingerprint density at radius 3 is 2.45 bits per heavy atom. The number of aliphatic hydroxyl groups is 1. The molecule has 0 bridgehead atoms. The highest BCUT2D eigenvalue weighted by Crippen LogP contribution is 2.28. The zero-order valence-electron chi connectivity index (χ0n) is 12.3. The zero-order valence-corrected chi connectivity index (χ0v) is 13.9. The first-order valence-electron chi connectivity index (χ1n) is 7.11. The Morgan fingerprint density at radius 2 is 1.90 bits per heavy atom. The number of hydrogen-bond acceptors (Lipinski definition) is 4. The van der Waals surface area contributed by atoms with Crippen molar-refractivity contribution < 1.29 is 5.11 Å². The van der Waals surface area contributed by atoms with Gasteiger partial charge in [-0.2, -0.15) is 0 Å². The van der Waals surface area contributed by atoms with Gasteiger partial charge >= 0.3 is 0 Å². The van der Waals surface area contributed by atoms with Gasteiger partial charge < -0.3 is 14.9 Å². The van der Waals surface area contributed by atoms with Crippen LogP contribution in [0.1, 0.15) is 5.56 Å². The fourth-order valence-electron chi connectivity index (χ4n) is 2.46. The predicted molar refractivity (Wildman–Crippen MR) is 87.3 cm³/mol. The quantitative estimate of drug-likeness (QED) is 0.881. The molecular weight excluding hydrogens is 318 g/mol. The smallest absolute Gasteiger partial charge is 0.0682 e. The number of rotatable bonds is 5. The lowest BCUT2D eigenvalue weighted by atomic mass is 10.2. The molecule has 1 aliphatic heterocycles. The zero-order chi connectivity index (χ0) is 14.5. The molecule has 20 heavy (non-hydrogen) atoms. The van der Waals surface area contributed by atoms with E-state index in [1.54, 1.807) is 0 Å². The number of benzene rings is 1. The minimum Gasteiger partial charge on any atom is -0.392 e.